The zero-order valence-corrected chi connectivity index (χ0v) is 16.4. The van der Waals surface area contributed by atoms with Gasteiger partial charge in [-0.05, 0) is 30.5 Å². The van der Waals surface area contributed by atoms with Crippen LogP contribution in [0.3, 0.4) is 0 Å². The Bertz CT molecular complexity index is 960. The fourth-order valence-corrected chi connectivity index (χ4v) is 3.58. The molecule has 1 saturated heterocycles. The van der Waals surface area contributed by atoms with Crippen molar-refractivity contribution in [3.8, 4) is 16.9 Å². The predicted octanol–water partition coefficient (Wildman–Crippen LogP) is 4.01. The molecular weight excluding hydrogens is 364 g/mol. The average molecular weight is 388 g/mol. The van der Waals surface area contributed by atoms with Crippen molar-refractivity contribution in [1.82, 2.24) is 9.97 Å². The van der Waals surface area contributed by atoms with Crippen LogP contribution >= 0.6 is 0 Å². The molecule has 148 valence electrons. The van der Waals surface area contributed by atoms with Crippen LogP contribution in [-0.4, -0.2) is 36.1 Å². The van der Waals surface area contributed by atoms with Crippen molar-refractivity contribution >= 4 is 17.5 Å². The highest BCUT2D eigenvalue weighted by Gasteiger charge is 2.27. The summed E-state index contributed by atoms with van der Waals surface area (Å²) in [5.41, 5.74) is 2.82. The monoisotopic (exact) mass is 388 g/mol. The lowest BCUT2D eigenvalue weighted by Crippen LogP contribution is -2.41. The molecule has 0 bridgehead atoms. The van der Waals surface area contributed by atoms with Gasteiger partial charge in [0, 0.05) is 42.8 Å². The van der Waals surface area contributed by atoms with Gasteiger partial charge < -0.3 is 15.0 Å². The van der Waals surface area contributed by atoms with Gasteiger partial charge in [0.15, 0.2) is 0 Å². The van der Waals surface area contributed by atoms with E-state index in [0.717, 1.165) is 42.0 Å². The molecule has 1 fully saturated rings. The number of amides is 1. The highest BCUT2D eigenvalue weighted by atomic mass is 16.5. The maximum atomic E-state index is 12.8. The van der Waals surface area contributed by atoms with E-state index in [9.17, 15) is 4.79 Å². The van der Waals surface area contributed by atoms with Gasteiger partial charge in [-0.25, -0.2) is 9.97 Å². The zero-order chi connectivity index (χ0) is 20.1. The maximum Gasteiger partial charge on any atom is 0.229 e. The van der Waals surface area contributed by atoms with Gasteiger partial charge in [0.1, 0.15) is 5.75 Å². The summed E-state index contributed by atoms with van der Waals surface area (Å²) in [6, 6.07) is 17.5. The number of hydrogen-bond donors (Lipinski definition) is 1. The maximum absolute atomic E-state index is 12.8. The second-order valence-electron chi connectivity index (χ2n) is 7.14. The van der Waals surface area contributed by atoms with Crippen molar-refractivity contribution < 1.29 is 9.53 Å². The van der Waals surface area contributed by atoms with Gasteiger partial charge >= 0.3 is 0 Å². The Morgan fingerprint density at radius 1 is 1.07 bits per heavy atom. The first kappa shape index (κ1) is 18.9. The summed E-state index contributed by atoms with van der Waals surface area (Å²) in [4.78, 5) is 23.9. The normalized spacial score (nSPS) is 16.3. The van der Waals surface area contributed by atoms with Crippen molar-refractivity contribution in [3.05, 3.63) is 67.0 Å². The summed E-state index contributed by atoms with van der Waals surface area (Å²) >= 11 is 0. The minimum absolute atomic E-state index is 0.0175. The van der Waals surface area contributed by atoms with Crippen molar-refractivity contribution in [1.29, 1.82) is 0 Å². The average Bonchev–Trinajstić information content (AvgIpc) is 2.80. The Labute approximate surface area is 170 Å². The molecule has 2 aromatic carbocycles. The largest absolute Gasteiger partial charge is 0.497 e. The number of methoxy groups -OCH3 is 1. The molecule has 2 heterocycles. The van der Waals surface area contributed by atoms with E-state index in [0.29, 0.717) is 12.5 Å². The quantitative estimate of drug-likeness (QED) is 0.715. The summed E-state index contributed by atoms with van der Waals surface area (Å²) in [5.74, 6) is 1.31. The number of ether oxygens (including phenoxy) is 1. The number of nitrogens with one attached hydrogen (secondary N) is 1. The van der Waals surface area contributed by atoms with Crippen molar-refractivity contribution in [2.75, 3.05) is 30.4 Å². The number of piperidine rings is 1. The van der Waals surface area contributed by atoms with E-state index < -0.39 is 0 Å². The van der Waals surface area contributed by atoms with E-state index in [1.165, 1.54) is 0 Å². The number of benzene rings is 2. The van der Waals surface area contributed by atoms with Gasteiger partial charge in [-0.2, -0.15) is 0 Å². The number of anilines is 2. The highest BCUT2D eigenvalue weighted by Crippen LogP contribution is 2.24. The van der Waals surface area contributed by atoms with E-state index in [1.54, 1.807) is 7.11 Å². The molecule has 0 radical (unpaired) electrons. The van der Waals surface area contributed by atoms with E-state index >= 15 is 0 Å². The number of carbonyl (C=O) groups excluding carboxylic acids is 1. The minimum Gasteiger partial charge on any atom is -0.497 e. The van der Waals surface area contributed by atoms with Crippen molar-refractivity contribution in [3.63, 3.8) is 0 Å². The molecule has 3 aromatic rings. The fraction of sp³-hybridized carbons (Fsp3) is 0.261. The second-order valence-corrected chi connectivity index (χ2v) is 7.14. The molecule has 29 heavy (non-hydrogen) atoms. The van der Waals surface area contributed by atoms with Crippen LogP contribution in [0, 0.1) is 5.92 Å². The van der Waals surface area contributed by atoms with E-state index in [1.807, 2.05) is 67.0 Å². The molecule has 0 spiro atoms. The van der Waals surface area contributed by atoms with Crippen LogP contribution < -0.4 is 15.0 Å². The molecule has 4 rings (SSSR count). The zero-order valence-electron chi connectivity index (χ0n) is 16.4. The van der Waals surface area contributed by atoms with Gasteiger partial charge in [0.2, 0.25) is 11.9 Å². The van der Waals surface area contributed by atoms with Crippen LogP contribution in [0.5, 0.6) is 5.75 Å². The standard InChI is InChI=1S/C23H24N4O2/c1-29-21-11-5-10-20(13-21)26-22(28)18-9-6-12-27(16-18)23-24-14-19(15-25-23)17-7-3-2-4-8-17/h2-5,7-8,10-11,13-15,18H,6,9,12,16H2,1H3,(H,26,28)/t18-/m1/s1. The molecule has 1 amide bonds. The topological polar surface area (TPSA) is 67.3 Å². The summed E-state index contributed by atoms with van der Waals surface area (Å²) < 4.78 is 5.22. The summed E-state index contributed by atoms with van der Waals surface area (Å²) in [5, 5.41) is 3.00. The van der Waals surface area contributed by atoms with E-state index in [-0.39, 0.29) is 11.8 Å². The van der Waals surface area contributed by atoms with E-state index in [2.05, 4.69) is 20.2 Å². The van der Waals surface area contributed by atoms with Crippen LogP contribution in [0.4, 0.5) is 11.6 Å². The van der Waals surface area contributed by atoms with Crippen LogP contribution in [0.2, 0.25) is 0 Å². The Kier molecular flexibility index (Phi) is 5.70. The molecule has 1 atom stereocenters. The lowest BCUT2D eigenvalue weighted by molar-refractivity contribution is -0.120. The van der Waals surface area contributed by atoms with Crippen LogP contribution in [0.1, 0.15) is 12.8 Å². The Hall–Kier alpha value is -3.41. The fourth-order valence-electron chi connectivity index (χ4n) is 3.58. The molecule has 0 saturated carbocycles. The molecule has 1 aliphatic rings. The van der Waals surface area contributed by atoms with Gasteiger partial charge in [0.25, 0.3) is 0 Å². The first-order valence-corrected chi connectivity index (χ1v) is 9.80. The van der Waals surface area contributed by atoms with Crippen LogP contribution in [-0.2, 0) is 4.79 Å². The molecule has 0 unspecified atom stereocenters. The molecule has 1 N–H and O–H groups in total. The molecule has 1 aromatic heterocycles. The second kappa shape index (κ2) is 8.73. The van der Waals surface area contributed by atoms with Crippen molar-refractivity contribution in [2.24, 2.45) is 5.92 Å². The third-order valence-corrected chi connectivity index (χ3v) is 5.16. The summed E-state index contributed by atoms with van der Waals surface area (Å²) in [6.07, 6.45) is 5.48. The number of aromatic nitrogens is 2. The molecule has 1 aliphatic heterocycles. The van der Waals surface area contributed by atoms with Crippen molar-refractivity contribution in [2.45, 2.75) is 12.8 Å². The molecular formula is C23H24N4O2. The van der Waals surface area contributed by atoms with E-state index in [4.69, 9.17) is 4.74 Å². The van der Waals surface area contributed by atoms with Gasteiger partial charge in [-0.1, -0.05) is 36.4 Å². The van der Waals surface area contributed by atoms with Gasteiger partial charge in [-0.15, -0.1) is 0 Å². The van der Waals surface area contributed by atoms with Crippen LogP contribution in [0.15, 0.2) is 67.0 Å². The highest BCUT2D eigenvalue weighted by molar-refractivity contribution is 5.93. The first-order chi connectivity index (χ1) is 14.2. The SMILES string of the molecule is COc1cccc(NC(=O)[C@@H]2CCCN(c3ncc(-c4ccccc4)cn3)C2)c1. The third-order valence-electron chi connectivity index (χ3n) is 5.16. The smallest absolute Gasteiger partial charge is 0.229 e. The lowest BCUT2D eigenvalue weighted by atomic mass is 9.97. The molecule has 0 aliphatic carbocycles. The summed E-state index contributed by atoms with van der Waals surface area (Å²) in [6.45, 7) is 1.47. The molecule has 6 heteroatoms. The lowest BCUT2D eigenvalue weighted by Gasteiger charge is -2.32. The number of hydrogen-bond acceptors (Lipinski definition) is 5. The Morgan fingerprint density at radius 2 is 1.86 bits per heavy atom. The number of nitrogens with zero attached hydrogens (tertiary/aromatic N) is 3. The minimum atomic E-state index is -0.104. The Balaban J connectivity index is 1.42. The van der Waals surface area contributed by atoms with Gasteiger partial charge in [-0.3, -0.25) is 4.79 Å². The van der Waals surface area contributed by atoms with Crippen LogP contribution in [0.25, 0.3) is 11.1 Å². The summed E-state index contributed by atoms with van der Waals surface area (Å²) in [7, 11) is 1.61. The molecule has 6 nitrogen and oxygen atoms in total. The van der Waals surface area contributed by atoms with Gasteiger partial charge in [0.05, 0.1) is 13.0 Å². The number of carbonyl (C=O) groups is 1. The number of rotatable bonds is 5. The predicted molar refractivity (Wildman–Crippen MR) is 114 cm³/mol. The first-order valence-electron chi connectivity index (χ1n) is 9.80. The third kappa shape index (κ3) is 4.54. The Morgan fingerprint density at radius 3 is 2.62 bits per heavy atom.